The Hall–Kier alpha value is -2.15. The number of allylic oxidation sites excluding steroid dienone is 1. The molecule has 0 saturated carbocycles. The van der Waals surface area contributed by atoms with Gasteiger partial charge in [-0.2, -0.15) is 13.2 Å². The lowest BCUT2D eigenvalue weighted by molar-refractivity contribution is -0.138. The molecule has 0 spiro atoms. The average molecular weight is 332 g/mol. The Labute approximate surface area is 128 Å². The monoisotopic (exact) mass is 331 g/mol. The molecule has 0 aliphatic carbocycles. The number of esters is 1. The Morgan fingerprint density at radius 2 is 2.05 bits per heavy atom. The maximum absolute atomic E-state index is 12.7. The molecule has 1 aromatic carbocycles. The first-order valence-electron chi connectivity index (χ1n) is 5.99. The van der Waals surface area contributed by atoms with E-state index in [2.05, 4.69) is 9.73 Å². The molecular formula is C14H9ClF3NO3. The van der Waals surface area contributed by atoms with Gasteiger partial charge in [-0.15, -0.1) is 0 Å². The molecule has 1 aromatic rings. The van der Waals surface area contributed by atoms with E-state index in [9.17, 15) is 22.8 Å². The molecule has 116 valence electrons. The van der Waals surface area contributed by atoms with Crippen molar-refractivity contribution in [3.63, 3.8) is 0 Å². The predicted octanol–water partition coefficient (Wildman–Crippen LogP) is 3.07. The highest BCUT2D eigenvalue weighted by Gasteiger charge is 2.34. The summed E-state index contributed by atoms with van der Waals surface area (Å²) in [6.45, 7) is 0. The van der Waals surface area contributed by atoms with Gasteiger partial charge in [-0.3, -0.25) is 9.79 Å². The number of Topliss-reactive ketones (excluding diaryl/α,β-unsaturated/α-hetero) is 1. The average Bonchev–Trinajstić information content (AvgIpc) is 2.48. The molecule has 4 nitrogen and oxygen atoms in total. The molecule has 0 amide bonds. The van der Waals surface area contributed by atoms with Crippen molar-refractivity contribution in [3.05, 3.63) is 46.1 Å². The van der Waals surface area contributed by atoms with Gasteiger partial charge in [0, 0.05) is 6.21 Å². The third-order valence-corrected chi connectivity index (χ3v) is 3.38. The number of hydrogen-bond acceptors (Lipinski definition) is 4. The van der Waals surface area contributed by atoms with Crippen LogP contribution < -0.4 is 0 Å². The Balaban J connectivity index is 2.38. The zero-order chi connectivity index (χ0) is 16.5. The normalized spacial score (nSPS) is 18.6. The van der Waals surface area contributed by atoms with Crippen molar-refractivity contribution in [2.24, 2.45) is 4.99 Å². The minimum Gasteiger partial charge on any atom is -0.464 e. The molecule has 0 radical (unpaired) electrons. The molecule has 0 aromatic heterocycles. The van der Waals surface area contributed by atoms with Crippen molar-refractivity contribution in [1.29, 1.82) is 0 Å². The van der Waals surface area contributed by atoms with E-state index < -0.39 is 34.4 Å². The molecule has 22 heavy (non-hydrogen) atoms. The highest BCUT2D eigenvalue weighted by atomic mass is 35.5. The fourth-order valence-corrected chi connectivity index (χ4v) is 2.16. The molecule has 8 heteroatoms. The van der Waals surface area contributed by atoms with Crippen LogP contribution in [0.5, 0.6) is 0 Å². The van der Waals surface area contributed by atoms with Crippen molar-refractivity contribution < 1.29 is 27.5 Å². The van der Waals surface area contributed by atoms with E-state index in [1.54, 1.807) is 0 Å². The Kier molecular flexibility index (Phi) is 4.37. The molecule has 0 fully saturated rings. The van der Waals surface area contributed by atoms with E-state index in [1.807, 2.05) is 0 Å². The summed E-state index contributed by atoms with van der Waals surface area (Å²) in [4.78, 5) is 27.2. The number of aliphatic imine (C=N–C) groups is 1. The first-order valence-corrected chi connectivity index (χ1v) is 6.37. The predicted molar refractivity (Wildman–Crippen MR) is 72.6 cm³/mol. The van der Waals surface area contributed by atoms with Gasteiger partial charge in [0.15, 0.2) is 11.5 Å². The zero-order valence-corrected chi connectivity index (χ0v) is 11.9. The Morgan fingerprint density at radius 1 is 1.36 bits per heavy atom. The second kappa shape index (κ2) is 5.92. The number of ether oxygens (including phenoxy) is 1. The van der Waals surface area contributed by atoms with Crippen LogP contribution in [0, 0.1) is 0 Å². The van der Waals surface area contributed by atoms with Gasteiger partial charge in [0.25, 0.3) is 0 Å². The van der Waals surface area contributed by atoms with Crippen molar-refractivity contribution in [3.8, 4) is 0 Å². The fourth-order valence-electron chi connectivity index (χ4n) is 1.91. The lowest BCUT2D eigenvalue weighted by Crippen LogP contribution is -2.22. The molecule has 1 atom stereocenters. The van der Waals surface area contributed by atoms with Crippen LogP contribution in [0.1, 0.15) is 17.0 Å². The van der Waals surface area contributed by atoms with Gasteiger partial charge in [-0.05, 0) is 11.6 Å². The van der Waals surface area contributed by atoms with Gasteiger partial charge >= 0.3 is 12.1 Å². The van der Waals surface area contributed by atoms with Crippen LogP contribution in [-0.2, 0) is 20.5 Å². The summed E-state index contributed by atoms with van der Waals surface area (Å²) in [6.07, 6.45) is -3.45. The van der Waals surface area contributed by atoms with Crippen molar-refractivity contribution in [2.45, 2.75) is 12.1 Å². The second-order valence-corrected chi connectivity index (χ2v) is 4.78. The number of carbonyl (C=O) groups is 2. The van der Waals surface area contributed by atoms with E-state index >= 15 is 0 Å². The number of methoxy groups -OCH3 is 1. The molecule has 0 bridgehead atoms. The van der Waals surface area contributed by atoms with Crippen LogP contribution in [-0.4, -0.2) is 25.1 Å². The molecule has 1 aliphatic heterocycles. The summed E-state index contributed by atoms with van der Waals surface area (Å²) in [5, 5.41) is -0.461. The van der Waals surface area contributed by atoms with E-state index in [1.165, 1.54) is 12.1 Å². The Morgan fingerprint density at radius 3 is 2.64 bits per heavy atom. The molecule has 1 heterocycles. The van der Waals surface area contributed by atoms with Gasteiger partial charge in [0.1, 0.15) is 5.03 Å². The molecule has 0 saturated heterocycles. The van der Waals surface area contributed by atoms with E-state index in [-0.39, 0.29) is 11.3 Å². The molecule has 0 N–H and O–H groups in total. The van der Waals surface area contributed by atoms with Crippen molar-refractivity contribution in [2.75, 3.05) is 7.11 Å². The smallest absolute Gasteiger partial charge is 0.416 e. The third kappa shape index (κ3) is 3.04. The first kappa shape index (κ1) is 16.2. The first-order chi connectivity index (χ1) is 10.3. The summed E-state index contributed by atoms with van der Waals surface area (Å²) >= 11 is 5.77. The lowest BCUT2D eigenvalue weighted by Gasteiger charge is -2.17. The molecule has 2 rings (SSSR count). The molecule has 1 aliphatic rings. The molecular weight excluding hydrogens is 323 g/mol. The minimum absolute atomic E-state index is 0.0886. The summed E-state index contributed by atoms with van der Waals surface area (Å²) < 4.78 is 42.5. The largest absolute Gasteiger partial charge is 0.464 e. The minimum atomic E-state index is -4.53. The number of benzene rings is 1. The second-order valence-electron chi connectivity index (χ2n) is 4.40. The van der Waals surface area contributed by atoms with Gasteiger partial charge in [-0.1, -0.05) is 29.8 Å². The third-order valence-electron chi connectivity index (χ3n) is 3.01. The maximum atomic E-state index is 12.7. The highest BCUT2D eigenvalue weighted by Crippen LogP contribution is 2.33. The van der Waals surface area contributed by atoms with Crippen molar-refractivity contribution in [1.82, 2.24) is 0 Å². The van der Waals surface area contributed by atoms with Gasteiger partial charge in [0.2, 0.25) is 0 Å². The summed E-state index contributed by atoms with van der Waals surface area (Å²) in [7, 11) is 1.10. The van der Waals surface area contributed by atoms with Crippen molar-refractivity contribution >= 4 is 29.6 Å². The SMILES string of the molecule is COC(=O)C1=C(Cl)C(=O)C(c2cccc(C(F)(F)F)c2)C=N1. The van der Waals surface area contributed by atoms with Gasteiger partial charge in [0.05, 0.1) is 18.6 Å². The zero-order valence-electron chi connectivity index (χ0n) is 11.1. The van der Waals surface area contributed by atoms with Gasteiger partial charge in [-0.25, -0.2) is 4.79 Å². The Bertz CT molecular complexity index is 695. The van der Waals surface area contributed by atoms with Gasteiger partial charge < -0.3 is 4.74 Å². The standard InChI is InChI=1S/C14H9ClF3NO3/c1-22-13(21)11-10(15)12(20)9(6-19-11)7-3-2-4-8(5-7)14(16,17)18/h2-6,9H,1H3. The fraction of sp³-hybridized carbons (Fsp3) is 0.214. The lowest BCUT2D eigenvalue weighted by atomic mass is 9.92. The van der Waals surface area contributed by atoms with E-state index in [0.29, 0.717) is 0 Å². The number of ketones is 1. The maximum Gasteiger partial charge on any atom is 0.416 e. The quantitative estimate of drug-likeness (QED) is 0.783. The number of hydrogen-bond donors (Lipinski definition) is 0. The van der Waals surface area contributed by atoms with Crippen LogP contribution in [0.2, 0.25) is 0 Å². The number of alkyl halides is 3. The highest BCUT2D eigenvalue weighted by molar-refractivity contribution is 6.46. The number of nitrogens with zero attached hydrogens (tertiary/aromatic N) is 1. The van der Waals surface area contributed by atoms with Crippen LogP contribution in [0.4, 0.5) is 13.2 Å². The number of rotatable bonds is 2. The van der Waals surface area contributed by atoms with Crippen LogP contribution in [0.15, 0.2) is 40.0 Å². The molecule has 1 unspecified atom stereocenters. The number of carbonyl (C=O) groups excluding carboxylic acids is 2. The topological polar surface area (TPSA) is 55.7 Å². The van der Waals surface area contributed by atoms with Crippen LogP contribution in [0.3, 0.4) is 0 Å². The summed E-state index contributed by atoms with van der Waals surface area (Å²) in [5.74, 6) is -2.68. The summed E-state index contributed by atoms with van der Waals surface area (Å²) in [5.41, 5.74) is -1.16. The summed E-state index contributed by atoms with van der Waals surface area (Å²) in [6, 6.07) is 4.29. The number of halogens is 4. The van der Waals surface area contributed by atoms with E-state index in [0.717, 1.165) is 25.5 Å². The van der Waals surface area contributed by atoms with Crippen LogP contribution in [0.25, 0.3) is 0 Å². The van der Waals surface area contributed by atoms with Crippen LogP contribution >= 0.6 is 11.6 Å². The van der Waals surface area contributed by atoms with E-state index in [4.69, 9.17) is 11.6 Å².